The van der Waals surface area contributed by atoms with Crippen LogP contribution in [0.25, 0.3) is 23.2 Å². The molecule has 0 bridgehead atoms. The molecule has 0 fully saturated rings. The fourth-order valence-electron chi connectivity index (χ4n) is 2.02. The summed E-state index contributed by atoms with van der Waals surface area (Å²) in [7, 11) is 0. The third-order valence-corrected chi connectivity index (χ3v) is 3.37. The van der Waals surface area contributed by atoms with E-state index >= 15 is 0 Å². The van der Waals surface area contributed by atoms with Crippen molar-refractivity contribution in [3.8, 4) is 0 Å². The maximum Gasteiger partial charge on any atom is 0.262 e. The van der Waals surface area contributed by atoms with Crippen molar-refractivity contribution in [2.75, 3.05) is 0 Å². The molecule has 5 nitrogen and oxygen atoms in total. The van der Waals surface area contributed by atoms with Gasteiger partial charge in [-0.05, 0) is 36.6 Å². The van der Waals surface area contributed by atoms with Crippen LogP contribution in [-0.2, 0) is 0 Å². The lowest BCUT2D eigenvalue weighted by molar-refractivity contribution is 1.09. The van der Waals surface area contributed by atoms with Crippen LogP contribution in [0.2, 0.25) is 0 Å². The number of rotatable bonds is 2. The second-order valence-electron chi connectivity index (χ2n) is 4.89. The van der Waals surface area contributed by atoms with Crippen molar-refractivity contribution in [1.29, 1.82) is 0 Å². The summed E-state index contributed by atoms with van der Waals surface area (Å²) < 4.78 is 0. The lowest BCUT2D eigenvalue weighted by Crippen LogP contribution is -2.10. The molecular weight excluding hydrogens is 264 g/mol. The van der Waals surface area contributed by atoms with Gasteiger partial charge in [-0.3, -0.25) is 4.79 Å². The zero-order valence-corrected chi connectivity index (χ0v) is 11.8. The summed E-state index contributed by atoms with van der Waals surface area (Å²) in [5, 5.41) is 0.390. The first-order valence-corrected chi connectivity index (χ1v) is 6.59. The van der Waals surface area contributed by atoms with E-state index < -0.39 is 0 Å². The Balaban J connectivity index is 1.99. The number of hydrogen-bond donors (Lipinski definition) is 1. The zero-order chi connectivity index (χ0) is 14.8. The van der Waals surface area contributed by atoms with Gasteiger partial charge in [0.15, 0.2) is 5.65 Å². The second kappa shape index (κ2) is 5.28. The van der Waals surface area contributed by atoms with Crippen LogP contribution in [0.5, 0.6) is 0 Å². The van der Waals surface area contributed by atoms with Crippen LogP contribution < -0.4 is 5.56 Å². The average molecular weight is 278 g/mol. The maximum atomic E-state index is 11.9. The van der Waals surface area contributed by atoms with Crippen LogP contribution in [0.1, 0.15) is 22.5 Å². The molecule has 0 saturated heterocycles. The number of fused-ring (bicyclic) bond motifs is 1. The molecule has 3 rings (SSSR count). The summed E-state index contributed by atoms with van der Waals surface area (Å²) in [6, 6.07) is 6.19. The number of hydrogen-bond acceptors (Lipinski definition) is 4. The highest BCUT2D eigenvalue weighted by atomic mass is 16.1. The summed E-state index contributed by atoms with van der Waals surface area (Å²) in [5.41, 5.74) is 3.70. The molecular formula is C16H14N4O. The molecule has 0 aliphatic heterocycles. The molecule has 2 aromatic heterocycles. The van der Waals surface area contributed by atoms with Gasteiger partial charge in [0.2, 0.25) is 0 Å². The van der Waals surface area contributed by atoms with Gasteiger partial charge in [0.1, 0.15) is 17.5 Å². The number of aryl methyl sites for hydroxylation is 2. The van der Waals surface area contributed by atoms with Crippen LogP contribution in [-0.4, -0.2) is 19.9 Å². The molecule has 0 amide bonds. The molecule has 0 radical (unpaired) electrons. The molecule has 0 aliphatic rings. The molecule has 0 aliphatic carbocycles. The van der Waals surface area contributed by atoms with Crippen LogP contribution in [0, 0.1) is 13.8 Å². The van der Waals surface area contributed by atoms with Gasteiger partial charge in [0.05, 0.1) is 0 Å². The van der Waals surface area contributed by atoms with Crippen LogP contribution in [0.3, 0.4) is 0 Å². The number of aromatic nitrogens is 4. The van der Waals surface area contributed by atoms with Crippen LogP contribution in [0.15, 0.2) is 35.5 Å². The van der Waals surface area contributed by atoms with Gasteiger partial charge in [-0.15, -0.1) is 0 Å². The Morgan fingerprint density at radius 2 is 2.00 bits per heavy atom. The lowest BCUT2D eigenvalue weighted by Gasteiger charge is -2.01. The minimum absolute atomic E-state index is 0.236. The van der Waals surface area contributed by atoms with E-state index in [9.17, 15) is 4.79 Å². The molecule has 2 heterocycles. The Morgan fingerprint density at radius 3 is 2.81 bits per heavy atom. The first-order valence-electron chi connectivity index (χ1n) is 6.59. The van der Waals surface area contributed by atoms with Gasteiger partial charge >= 0.3 is 0 Å². The lowest BCUT2D eigenvalue weighted by atomic mass is 10.1. The summed E-state index contributed by atoms with van der Waals surface area (Å²) in [6.07, 6.45) is 6.53. The SMILES string of the molecule is Cc1ccc(/C=C/c2nc3ncncc3c(=O)[nH]2)cc1C. The average Bonchev–Trinajstić information content (AvgIpc) is 2.49. The Labute approximate surface area is 121 Å². The van der Waals surface area contributed by atoms with E-state index in [-0.39, 0.29) is 5.56 Å². The van der Waals surface area contributed by atoms with E-state index in [0.717, 1.165) is 5.56 Å². The highest BCUT2D eigenvalue weighted by molar-refractivity contribution is 5.74. The van der Waals surface area contributed by atoms with Crippen molar-refractivity contribution in [3.63, 3.8) is 0 Å². The van der Waals surface area contributed by atoms with E-state index in [1.54, 1.807) is 6.08 Å². The molecule has 1 aromatic carbocycles. The topological polar surface area (TPSA) is 71.5 Å². The van der Waals surface area contributed by atoms with Gasteiger partial charge in [-0.2, -0.15) is 0 Å². The largest absolute Gasteiger partial charge is 0.306 e. The summed E-state index contributed by atoms with van der Waals surface area (Å²) >= 11 is 0. The first-order chi connectivity index (χ1) is 10.1. The Bertz CT molecular complexity index is 896. The van der Waals surface area contributed by atoms with Gasteiger partial charge in [0, 0.05) is 6.20 Å². The highest BCUT2D eigenvalue weighted by Gasteiger charge is 2.02. The van der Waals surface area contributed by atoms with Crippen LogP contribution in [0.4, 0.5) is 0 Å². The molecule has 0 unspecified atom stereocenters. The summed E-state index contributed by atoms with van der Waals surface area (Å²) in [6.45, 7) is 4.14. The predicted octanol–water partition coefficient (Wildman–Crippen LogP) is 2.50. The first kappa shape index (κ1) is 13.2. The Morgan fingerprint density at radius 1 is 1.14 bits per heavy atom. The molecule has 104 valence electrons. The number of H-pyrrole nitrogens is 1. The van der Waals surface area contributed by atoms with Gasteiger partial charge in [0.25, 0.3) is 5.56 Å². The molecule has 0 spiro atoms. The van der Waals surface area contributed by atoms with Gasteiger partial charge in [-0.25, -0.2) is 15.0 Å². The standard InChI is InChI=1S/C16H14N4O/c1-10-3-4-12(7-11(10)2)5-6-14-19-15-13(16(21)20-14)8-17-9-18-15/h3-9H,1-2H3,(H,17,18,19,20,21)/b6-5+. The molecule has 0 saturated carbocycles. The summed E-state index contributed by atoms with van der Waals surface area (Å²) in [5.74, 6) is 0.476. The van der Waals surface area contributed by atoms with Crippen molar-refractivity contribution in [1.82, 2.24) is 19.9 Å². The number of benzene rings is 1. The maximum absolute atomic E-state index is 11.9. The Hall–Kier alpha value is -2.82. The fourth-order valence-corrected chi connectivity index (χ4v) is 2.02. The molecule has 3 aromatic rings. The summed E-state index contributed by atoms with van der Waals surface area (Å²) in [4.78, 5) is 26.7. The van der Waals surface area contributed by atoms with E-state index in [1.807, 2.05) is 12.1 Å². The van der Waals surface area contributed by atoms with Crippen molar-refractivity contribution in [2.24, 2.45) is 0 Å². The highest BCUT2D eigenvalue weighted by Crippen LogP contribution is 2.12. The smallest absolute Gasteiger partial charge is 0.262 e. The van der Waals surface area contributed by atoms with E-state index in [2.05, 4.69) is 45.9 Å². The van der Waals surface area contributed by atoms with E-state index in [0.29, 0.717) is 16.9 Å². The van der Waals surface area contributed by atoms with Crippen molar-refractivity contribution >= 4 is 23.2 Å². The minimum atomic E-state index is -0.236. The number of aromatic amines is 1. The van der Waals surface area contributed by atoms with E-state index in [1.165, 1.54) is 23.7 Å². The van der Waals surface area contributed by atoms with Gasteiger partial charge < -0.3 is 4.98 Å². The van der Waals surface area contributed by atoms with Crippen LogP contribution >= 0.6 is 0 Å². The van der Waals surface area contributed by atoms with Crippen molar-refractivity contribution in [3.05, 3.63) is 63.6 Å². The molecule has 21 heavy (non-hydrogen) atoms. The fraction of sp³-hybridized carbons (Fsp3) is 0.125. The third kappa shape index (κ3) is 2.72. The normalized spacial score (nSPS) is 11.3. The monoisotopic (exact) mass is 278 g/mol. The molecule has 5 heteroatoms. The third-order valence-electron chi connectivity index (χ3n) is 3.37. The number of nitrogens with zero attached hydrogens (tertiary/aromatic N) is 3. The van der Waals surface area contributed by atoms with E-state index in [4.69, 9.17) is 0 Å². The molecule has 1 N–H and O–H groups in total. The second-order valence-corrected chi connectivity index (χ2v) is 4.89. The van der Waals surface area contributed by atoms with Crippen molar-refractivity contribution in [2.45, 2.75) is 13.8 Å². The van der Waals surface area contributed by atoms with Gasteiger partial charge in [-0.1, -0.05) is 24.3 Å². The minimum Gasteiger partial charge on any atom is -0.306 e. The zero-order valence-electron chi connectivity index (χ0n) is 11.8. The Kier molecular flexibility index (Phi) is 3.31. The predicted molar refractivity (Wildman–Crippen MR) is 82.8 cm³/mol. The quantitative estimate of drug-likeness (QED) is 0.781. The number of nitrogens with one attached hydrogen (secondary N) is 1. The molecule has 0 atom stereocenters. The van der Waals surface area contributed by atoms with Crippen molar-refractivity contribution < 1.29 is 0 Å².